The van der Waals surface area contributed by atoms with E-state index in [0.29, 0.717) is 6.04 Å². The quantitative estimate of drug-likeness (QED) is 0.657. The fraction of sp³-hybridized carbons (Fsp3) is 0.857. The summed E-state index contributed by atoms with van der Waals surface area (Å²) >= 11 is 0. The highest BCUT2D eigenvalue weighted by Gasteiger charge is 2.05. The normalized spacial score (nSPS) is 13.4. The zero-order valence-corrected chi connectivity index (χ0v) is 7.28. The molecule has 1 atom stereocenters. The molecule has 4 heteroatoms. The van der Waals surface area contributed by atoms with Crippen LogP contribution in [0.5, 0.6) is 0 Å². The Morgan fingerprint density at radius 2 is 2.18 bits per heavy atom. The van der Waals surface area contributed by atoms with Crippen molar-refractivity contribution in [3.63, 3.8) is 0 Å². The van der Waals surface area contributed by atoms with Gasteiger partial charge in [0.25, 0.3) is 0 Å². The molecule has 0 amide bonds. The molecule has 0 bridgehead atoms. The van der Waals surface area contributed by atoms with Gasteiger partial charge in [0.1, 0.15) is 0 Å². The maximum Gasteiger partial charge on any atom is 0.174 e. The molecular weight excluding hydrogens is 140 g/mol. The molecule has 0 aromatic carbocycles. The predicted octanol–water partition coefficient (Wildman–Crippen LogP) is 1.21. The molecule has 11 heavy (non-hydrogen) atoms. The summed E-state index contributed by atoms with van der Waals surface area (Å²) in [5, 5.41) is 12.0. The van der Waals surface area contributed by atoms with Crippen molar-refractivity contribution in [2.45, 2.75) is 39.7 Å². The Morgan fingerprint density at radius 1 is 1.45 bits per heavy atom. The molecule has 1 heterocycles. The summed E-state index contributed by atoms with van der Waals surface area (Å²) in [5.41, 5.74) is 0. The highest BCUT2D eigenvalue weighted by Crippen LogP contribution is 2.04. The minimum atomic E-state index is 0.364. The lowest BCUT2D eigenvalue weighted by atomic mass is 10.3. The van der Waals surface area contributed by atoms with Crippen LogP contribution >= 0.6 is 0 Å². The maximum absolute atomic E-state index is 4.19. The van der Waals surface area contributed by atoms with Crippen LogP contribution in [0.25, 0.3) is 0 Å². The second-order valence-electron chi connectivity index (χ2n) is 2.64. The van der Waals surface area contributed by atoms with Crippen LogP contribution < -0.4 is 0 Å². The van der Waals surface area contributed by atoms with E-state index in [1.54, 1.807) is 4.80 Å². The number of hydrogen-bond acceptors (Lipinski definition) is 3. The van der Waals surface area contributed by atoms with E-state index in [9.17, 15) is 0 Å². The van der Waals surface area contributed by atoms with Crippen molar-refractivity contribution in [3.8, 4) is 0 Å². The maximum atomic E-state index is 4.19. The van der Waals surface area contributed by atoms with Crippen molar-refractivity contribution in [1.82, 2.24) is 20.2 Å². The van der Waals surface area contributed by atoms with Gasteiger partial charge in [-0.1, -0.05) is 13.8 Å². The summed E-state index contributed by atoms with van der Waals surface area (Å²) in [6, 6.07) is 0.364. The van der Waals surface area contributed by atoms with Crippen molar-refractivity contribution in [1.29, 1.82) is 0 Å². The molecule has 1 aromatic rings. The molecule has 1 rings (SSSR count). The fourth-order valence-corrected chi connectivity index (χ4v) is 0.747. The van der Waals surface area contributed by atoms with Crippen LogP contribution in [0.4, 0.5) is 0 Å². The Hall–Kier alpha value is -0.930. The largest absolute Gasteiger partial charge is 0.174 e. The van der Waals surface area contributed by atoms with Gasteiger partial charge in [0.05, 0.1) is 6.04 Å². The van der Waals surface area contributed by atoms with Gasteiger partial charge in [-0.25, -0.2) is 0 Å². The molecule has 1 unspecified atom stereocenters. The fourth-order valence-electron chi connectivity index (χ4n) is 0.747. The van der Waals surface area contributed by atoms with Crippen LogP contribution in [0.3, 0.4) is 0 Å². The molecular formula is C7H14N4. The van der Waals surface area contributed by atoms with E-state index < -0.39 is 0 Å². The van der Waals surface area contributed by atoms with Gasteiger partial charge in [-0.2, -0.15) is 4.80 Å². The van der Waals surface area contributed by atoms with E-state index in [-0.39, 0.29) is 0 Å². The van der Waals surface area contributed by atoms with Gasteiger partial charge in [0.15, 0.2) is 5.82 Å². The topological polar surface area (TPSA) is 43.6 Å². The van der Waals surface area contributed by atoms with Crippen molar-refractivity contribution in [2.75, 3.05) is 0 Å². The number of aromatic nitrogens is 4. The molecule has 0 radical (unpaired) electrons. The monoisotopic (exact) mass is 154 g/mol. The van der Waals surface area contributed by atoms with Crippen molar-refractivity contribution in [3.05, 3.63) is 5.82 Å². The van der Waals surface area contributed by atoms with Crippen LogP contribution in [-0.4, -0.2) is 20.2 Å². The number of tetrazole rings is 1. The molecule has 4 nitrogen and oxygen atoms in total. The summed E-state index contributed by atoms with van der Waals surface area (Å²) in [5.74, 6) is 0.824. The Bertz CT molecular complexity index is 218. The van der Waals surface area contributed by atoms with Crippen molar-refractivity contribution >= 4 is 0 Å². The lowest BCUT2D eigenvalue weighted by Crippen LogP contribution is -2.07. The molecule has 0 spiro atoms. The highest BCUT2D eigenvalue weighted by atomic mass is 15.6. The minimum absolute atomic E-state index is 0.364. The Balaban J connectivity index is 2.71. The molecule has 0 saturated heterocycles. The second-order valence-corrected chi connectivity index (χ2v) is 2.64. The van der Waals surface area contributed by atoms with Crippen molar-refractivity contribution < 1.29 is 0 Å². The van der Waals surface area contributed by atoms with Crippen LogP contribution in [0, 0.1) is 0 Å². The smallest absolute Gasteiger partial charge is 0.161 e. The summed E-state index contributed by atoms with van der Waals surface area (Å²) in [6.07, 6.45) is 1.90. The van der Waals surface area contributed by atoms with E-state index in [2.05, 4.69) is 29.3 Å². The third-order valence-electron chi connectivity index (χ3n) is 1.77. The molecule has 0 fully saturated rings. The van der Waals surface area contributed by atoms with Gasteiger partial charge >= 0.3 is 0 Å². The van der Waals surface area contributed by atoms with Crippen LogP contribution in [0.2, 0.25) is 0 Å². The Kier molecular flexibility index (Phi) is 2.57. The first-order chi connectivity index (χ1) is 5.27. The molecule has 0 aliphatic carbocycles. The summed E-state index contributed by atoms with van der Waals surface area (Å²) in [4.78, 5) is 1.68. The molecule has 62 valence electrons. The first kappa shape index (κ1) is 8.17. The van der Waals surface area contributed by atoms with Crippen LogP contribution in [-0.2, 0) is 6.42 Å². The number of hydrogen-bond donors (Lipinski definition) is 0. The third-order valence-corrected chi connectivity index (χ3v) is 1.77. The molecule has 0 aliphatic heterocycles. The van der Waals surface area contributed by atoms with E-state index in [0.717, 1.165) is 18.7 Å². The van der Waals surface area contributed by atoms with Gasteiger partial charge < -0.3 is 0 Å². The van der Waals surface area contributed by atoms with Gasteiger partial charge in [-0.3, -0.25) is 0 Å². The van der Waals surface area contributed by atoms with Gasteiger partial charge in [0.2, 0.25) is 0 Å². The molecule has 0 N–H and O–H groups in total. The lowest BCUT2D eigenvalue weighted by Gasteiger charge is -2.03. The Labute approximate surface area is 66.6 Å². The van der Waals surface area contributed by atoms with Gasteiger partial charge in [-0.15, -0.1) is 10.2 Å². The number of rotatable bonds is 3. The first-order valence-electron chi connectivity index (χ1n) is 4.06. The summed E-state index contributed by atoms with van der Waals surface area (Å²) in [7, 11) is 0. The summed E-state index contributed by atoms with van der Waals surface area (Å²) < 4.78 is 0. The van der Waals surface area contributed by atoms with Crippen LogP contribution in [0.15, 0.2) is 0 Å². The summed E-state index contributed by atoms with van der Waals surface area (Å²) in [6.45, 7) is 6.22. The molecule has 1 aromatic heterocycles. The van der Waals surface area contributed by atoms with E-state index >= 15 is 0 Å². The van der Waals surface area contributed by atoms with E-state index in [1.807, 2.05) is 6.92 Å². The zero-order valence-electron chi connectivity index (χ0n) is 7.28. The standard InChI is InChI=1S/C7H14N4/c1-4-6(3)11-9-7(5-2)8-10-11/h6H,4-5H2,1-3H3. The highest BCUT2D eigenvalue weighted by molar-refractivity contribution is 4.74. The Morgan fingerprint density at radius 3 is 2.64 bits per heavy atom. The third kappa shape index (κ3) is 1.76. The first-order valence-corrected chi connectivity index (χ1v) is 4.06. The van der Waals surface area contributed by atoms with Crippen LogP contribution in [0.1, 0.15) is 39.1 Å². The number of aryl methyl sites for hydroxylation is 1. The zero-order chi connectivity index (χ0) is 8.27. The van der Waals surface area contributed by atoms with Gasteiger partial charge in [-0.05, 0) is 18.6 Å². The molecule has 0 saturated carbocycles. The average Bonchev–Trinajstić information content (AvgIpc) is 2.50. The predicted molar refractivity (Wildman–Crippen MR) is 42.2 cm³/mol. The lowest BCUT2D eigenvalue weighted by molar-refractivity contribution is 0.413. The van der Waals surface area contributed by atoms with Gasteiger partial charge in [0, 0.05) is 6.42 Å². The average molecular weight is 154 g/mol. The second kappa shape index (κ2) is 3.46. The van der Waals surface area contributed by atoms with E-state index in [4.69, 9.17) is 0 Å². The number of nitrogens with zero attached hydrogens (tertiary/aromatic N) is 4. The SMILES string of the molecule is CCc1nnn(C(C)CC)n1. The van der Waals surface area contributed by atoms with Crippen molar-refractivity contribution in [2.24, 2.45) is 0 Å². The molecule has 0 aliphatic rings. The minimum Gasteiger partial charge on any atom is -0.161 e. The van der Waals surface area contributed by atoms with E-state index in [1.165, 1.54) is 0 Å².